The molecule has 0 bridgehead atoms. The van der Waals surface area contributed by atoms with Gasteiger partial charge in [-0.1, -0.05) is 11.6 Å². The zero-order valence-electron chi connectivity index (χ0n) is 11.4. The number of anilines is 1. The third kappa shape index (κ3) is 2.71. The summed E-state index contributed by atoms with van der Waals surface area (Å²) in [5.41, 5.74) is 1.73. The van der Waals surface area contributed by atoms with Crippen molar-refractivity contribution in [1.82, 2.24) is 4.57 Å². The number of benzene rings is 1. The first-order chi connectivity index (χ1) is 9.52. The van der Waals surface area contributed by atoms with Crippen LogP contribution in [0.25, 0.3) is 0 Å². The Morgan fingerprint density at radius 1 is 1.30 bits per heavy atom. The van der Waals surface area contributed by atoms with Gasteiger partial charge in [-0.15, -0.1) is 0 Å². The van der Waals surface area contributed by atoms with Crippen molar-refractivity contribution in [2.24, 2.45) is 0 Å². The molecule has 0 saturated carbocycles. The van der Waals surface area contributed by atoms with E-state index < -0.39 is 5.97 Å². The monoisotopic (exact) mass is 272 g/mol. The number of carboxylic acids is 1. The molecule has 5 heteroatoms. The van der Waals surface area contributed by atoms with E-state index in [1.165, 1.54) is 6.07 Å². The minimum absolute atomic E-state index is 0.0907. The van der Waals surface area contributed by atoms with E-state index in [0.717, 1.165) is 5.56 Å². The number of nitrogens with one attached hydrogen (secondary N) is 1. The van der Waals surface area contributed by atoms with Crippen LogP contribution in [-0.2, 0) is 6.54 Å². The average molecular weight is 272 g/mol. The molecule has 2 aromatic rings. The third-order valence-electron chi connectivity index (χ3n) is 3.06. The zero-order valence-corrected chi connectivity index (χ0v) is 11.4. The largest absolute Gasteiger partial charge is 0.478 e. The number of aromatic carboxylic acids is 1. The Balaban J connectivity index is 2.31. The molecule has 0 radical (unpaired) electrons. The molecule has 0 unspecified atom stereocenters. The van der Waals surface area contributed by atoms with Gasteiger partial charge in [-0.3, -0.25) is 4.79 Å². The molecule has 0 spiro atoms. The van der Waals surface area contributed by atoms with Crippen LogP contribution in [0.5, 0.6) is 0 Å². The third-order valence-corrected chi connectivity index (χ3v) is 3.06. The van der Waals surface area contributed by atoms with E-state index in [-0.39, 0.29) is 11.5 Å². The number of carbonyl (C=O) groups is 2. The summed E-state index contributed by atoms with van der Waals surface area (Å²) in [6.45, 7) is 4.42. The number of aryl methyl sites for hydroxylation is 2. The average Bonchev–Trinajstić information content (AvgIpc) is 2.89. The molecule has 1 aromatic heterocycles. The number of hydrogen-bond donors (Lipinski definition) is 2. The summed E-state index contributed by atoms with van der Waals surface area (Å²) < 4.78 is 1.80. The van der Waals surface area contributed by atoms with E-state index in [2.05, 4.69) is 5.32 Å². The Hall–Kier alpha value is -2.56. The first kappa shape index (κ1) is 13.9. The highest BCUT2D eigenvalue weighted by Crippen LogP contribution is 2.18. The first-order valence-corrected chi connectivity index (χ1v) is 6.33. The summed E-state index contributed by atoms with van der Waals surface area (Å²) in [6, 6.07) is 8.40. The Bertz CT molecular complexity index is 659. The summed E-state index contributed by atoms with van der Waals surface area (Å²) in [6.07, 6.45) is 1.81. The highest BCUT2D eigenvalue weighted by molar-refractivity contribution is 6.07. The maximum Gasteiger partial charge on any atom is 0.337 e. The van der Waals surface area contributed by atoms with Crippen molar-refractivity contribution in [2.45, 2.75) is 20.4 Å². The Labute approximate surface area is 116 Å². The van der Waals surface area contributed by atoms with Gasteiger partial charge in [-0.05, 0) is 38.1 Å². The Morgan fingerprint density at radius 3 is 2.70 bits per heavy atom. The van der Waals surface area contributed by atoms with Crippen LogP contribution >= 0.6 is 0 Å². The minimum Gasteiger partial charge on any atom is -0.478 e. The fraction of sp³-hybridized carbons (Fsp3) is 0.200. The number of amides is 1. The van der Waals surface area contributed by atoms with Crippen molar-refractivity contribution in [2.75, 3.05) is 5.32 Å². The van der Waals surface area contributed by atoms with Crippen molar-refractivity contribution >= 4 is 17.6 Å². The lowest BCUT2D eigenvalue weighted by atomic mass is 10.1. The van der Waals surface area contributed by atoms with Crippen molar-refractivity contribution in [3.05, 3.63) is 53.3 Å². The highest BCUT2D eigenvalue weighted by Gasteiger charge is 2.15. The van der Waals surface area contributed by atoms with Crippen LogP contribution in [0.15, 0.2) is 36.5 Å². The molecule has 1 heterocycles. The van der Waals surface area contributed by atoms with Gasteiger partial charge in [0, 0.05) is 12.7 Å². The summed E-state index contributed by atoms with van der Waals surface area (Å²) in [5, 5.41) is 11.8. The van der Waals surface area contributed by atoms with Crippen molar-refractivity contribution in [3.63, 3.8) is 0 Å². The van der Waals surface area contributed by atoms with Crippen LogP contribution < -0.4 is 5.32 Å². The van der Waals surface area contributed by atoms with E-state index in [1.54, 1.807) is 35.8 Å². The van der Waals surface area contributed by atoms with E-state index in [0.29, 0.717) is 17.9 Å². The van der Waals surface area contributed by atoms with Gasteiger partial charge in [0.25, 0.3) is 5.91 Å². The van der Waals surface area contributed by atoms with Gasteiger partial charge in [0.1, 0.15) is 5.69 Å². The Kier molecular flexibility index (Phi) is 3.89. The van der Waals surface area contributed by atoms with Gasteiger partial charge >= 0.3 is 5.97 Å². The van der Waals surface area contributed by atoms with Crippen LogP contribution in [0.3, 0.4) is 0 Å². The molecule has 5 nitrogen and oxygen atoms in total. The number of rotatable bonds is 4. The second kappa shape index (κ2) is 5.61. The van der Waals surface area contributed by atoms with Crippen molar-refractivity contribution in [1.29, 1.82) is 0 Å². The second-order valence-electron chi connectivity index (χ2n) is 4.49. The quantitative estimate of drug-likeness (QED) is 0.899. The van der Waals surface area contributed by atoms with Gasteiger partial charge in [-0.25, -0.2) is 4.79 Å². The second-order valence-corrected chi connectivity index (χ2v) is 4.49. The maximum atomic E-state index is 12.2. The molecule has 0 aliphatic rings. The van der Waals surface area contributed by atoms with Crippen molar-refractivity contribution in [3.8, 4) is 0 Å². The molecule has 2 N–H and O–H groups in total. The lowest BCUT2D eigenvalue weighted by Crippen LogP contribution is -2.18. The molecule has 0 saturated heterocycles. The van der Waals surface area contributed by atoms with Crippen molar-refractivity contribution < 1.29 is 14.7 Å². The fourth-order valence-corrected chi connectivity index (χ4v) is 2.03. The molecule has 1 amide bonds. The van der Waals surface area contributed by atoms with E-state index in [4.69, 9.17) is 0 Å². The topological polar surface area (TPSA) is 71.3 Å². The fourth-order valence-electron chi connectivity index (χ4n) is 2.03. The number of aromatic nitrogens is 1. The SMILES string of the molecule is CCn1cccc1C(=O)Nc1ccc(C)cc1C(=O)O. The molecule has 104 valence electrons. The normalized spacial score (nSPS) is 10.3. The standard InChI is InChI=1S/C15H16N2O3/c1-3-17-8-4-5-13(17)14(18)16-12-7-6-10(2)9-11(12)15(19)20/h4-9H,3H2,1-2H3,(H,16,18)(H,19,20). The lowest BCUT2D eigenvalue weighted by molar-refractivity contribution is 0.0698. The predicted octanol–water partition coefficient (Wildman–Crippen LogP) is 2.77. The van der Waals surface area contributed by atoms with Gasteiger partial charge in [0.15, 0.2) is 0 Å². The summed E-state index contributed by atoms with van der Waals surface area (Å²) in [4.78, 5) is 23.4. The maximum absolute atomic E-state index is 12.2. The van der Waals surface area contributed by atoms with Gasteiger partial charge in [0.2, 0.25) is 0 Å². The molecular formula is C15H16N2O3. The van der Waals surface area contributed by atoms with Gasteiger partial charge in [-0.2, -0.15) is 0 Å². The molecule has 20 heavy (non-hydrogen) atoms. The number of nitrogens with zero attached hydrogens (tertiary/aromatic N) is 1. The lowest BCUT2D eigenvalue weighted by Gasteiger charge is -2.10. The minimum atomic E-state index is -1.06. The highest BCUT2D eigenvalue weighted by atomic mass is 16.4. The summed E-state index contributed by atoms with van der Waals surface area (Å²) in [7, 11) is 0. The predicted molar refractivity (Wildman–Crippen MR) is 76.2 cm³/mol. The van der Waals surface area contributed by atoms with Crippen LogP contribution in [0, 0.1) is 6.92 Å². The summed E-state index contributed by atoms with van der Waals surface area (Å²) >= 11 is 0. The molecule has 0 fully saturated rings. The zero-order chi connectivity index (χ0) is 14.7. The van der Waals surface area contributed by atoms with Crippen LogP contribution in [-0.4, -0.2) is 21.6 Å². The van der Waals surface area contributed by atoms with Crippen LogP contribution in [0.1, 0.15) is 33.3 Å². The van der Waals surface area contributed by atoms with E-state index in [1.807, 2.05) is 13.1 Å². The van der Waals surface area contributed by atoms with Crippen LogP contribution in [0.4, 0.5) is 5.69 Å². The van der Waals surface area contributed by atoms with E-state index in [9.17, 15) is 14.7 Å². The van der Waals surface area contributed by atoms with E-state index >= 15 is 0 Å². The molecular weight excluding hydrogens is 256 g/mol. The molecule has 0 aliphatic heterocycles. The molecule has 0 aliphatic carbocycles. The molecule has 2 rings (SSSR count). The molecule has 1 aromatic carbocycles. The summed E-state index contributed by atoms with van der Waals surface area (Å²) in [5.74, 6) is -1.38. The van der Waals surface area contributed by atoms with Gasteiger partial charge < -0.3 is 15.0 Å². The number of carboxylic acid groups (broad SMARTS) is 1. The smallest absolute Gasteiger partial charge is 0.337 e. The first-order valence-electron chi connectivity index (χ1n) is 6.33. The van der Waals surface area contributed by atoms with Gasteiger partial charge in [0.05, 0.1) is 11.3 Å². The number of carbonyl (C=O) groups excluding carboxylic acids is 1. The van der Waals surface area contributed by atoms with Crippen LogP contribution in [0.2, 0.25) is 0 Å². The molecule has 0 atom stereocenters. The Morgan fingerprint density at radius 2 is 2.05 bits per heavy atom. The number of hydrogen-bond acceptors (Lipinski definition) is 2.